The van der Waals surface area contributed by atoms with Crippen LogP contribution in [0.5, 0.6) is 0 Å². The van der Waals surface area contributed by atoms with Gasteiger partial charge in [0, 0.05) is 0 Å². The molecule has 0 saturated heterocycles. The third-order valence-corrected chi connectivity index (χ3v) is 1.10. The summed E-state index contributed by atoms with van der Waals surface area (Å²) >= 11 is 2.41. The molecule has 0 aliphatic rings. The third-order valence-electron chi connectivity index (χ3n) is 1.10. The second kappa shape index (κ2) is 15.9. The van der Waals surface area contributed by atoms with Crippen molar-refractivity contribution in [2.45, 2.75) is 39.0 Å². The maximum atomic E-state index is 4.45. The molecule has 0 saturated carbocycles. The molecular formula is C7H15ClMn. The Morgan fingerprint density at radius 1 is 1.22 bits per heavy atom. The van der Waals surface area contributed by atoms with Gasteiger partial charge < -0.3 is 6.92 Å². The molecule has 0 aromatic carbocycles. The first-order valence-corrected chi connectivity index (χ1v) is 4.97. The molecule has 0 spiro atoms. The van der Waals surface area contributed by atoms with Crippen molar-refractivity contribution in [2.75, 3.05) is 0 Å². The number of halogens is 1. The Morgan fingerprint density at radius 2 is 1.78 bits per heavy atom. The van der Waals surface area contributed by atoms with Gasteiger partial charge in [-0.05, 0) is 0 Å². The number of hydrogen-bond acceptors (Lipinski definition) is 0. The molecule has 0 aromatic rings. The van der Waals surface area contributed by atoms with Crippen LogP contribution in [0.3, 0.4) is 0 Å². The topological polar surface area (TPSA) is 0 Å². The standard InChI is InChI=1S/C7H15.ClH.Mn/c1-3-5-7-6-4-2;;/h1,3-7H2,2H3;1H;/q-1;;+2/p-1. The van der Waals surface area contributed by atoms with Crippen molar-refractivity contribution in [3.05, 3.63) is 6.92 Å². The Balaban J connectivity index is 0. The third kappa shape index (κ3) is 17.7. The van der Waals surface area contributed by atoms with Gasteiger partial charge in [0.25, 0.3) is 0 Å². The van der Waals surface area contributed by atoms with Gasteiger partial charge in [-0.1, -0.05) is 32.6 Å². The molecule has 0 atom stereocenters. The molecule has 0 radical (unpaired) electrons. The van der Waals surface area contributed by atoms with Gasteiger partial charge in [0.1, 0.15) is 0 Å². The van der Waals surface area contributed by atoms with Crippen LogP contribution >= 0.6 is 10.1 Å². The summed E-state index contributed by atoms with van der Waals surface area (Å²) in [7, 11) is 4.45. The molecule has 0 rings (SSSR count). The molecule has 0 aliphatic heterocycles. The van der Waals surface area contributed by atoms with Gasteiger partial charge in [-0.2, -0.15) is 6.42 Å². The van der Waals surface area contributed by atoms with Crippen LogP contribution in [0.4, 0.5) is 0 Å². The molecule has 0 aliphatic carbocycles. The van der Waals surface area contributed by atoms with Gasteiger partial charge >= 0.3 is 25.2 Å². The molecule has 2 heteroatoms. The van der Waals surface area contributed by atoms with Gasteiger partial charge in [-0.3, -0.25) is 0 Å². The molecule has 9 heavy (non-hydrogen) atoms. The summed E-state index contributed by atoms with van der Waals surface area (Å²) in [5, 5.41) is 0. The van der Waals surface area contributed by atoms with E-state index in [2.05, 4.69) is 39.0 Å². The quantitative estimate of drug-likeness (QED) is 0.361. The Morgan fingerprint density at radius 3 is 2.11 bits per heavy atom. The summed E-state index contributed by atoms with van der Waals surface area (Å²) < 4.78 is 0. The Labute approximate surface area is 71.4 Å². The van der Waals surface area contributed by atoms with Gasteiger partial charge in [0.2, 0.25) is 0 Å². The van der Waals surface area contributed by atoms with Crippen LogP contribution in [0.1, 0.15) is 39.0 Å². The van der Waals surface area contributed by atoms with Crippen molar-refractivity contribution in [1.29, 1.82) is 0 Å². The Kier molecular flexibility index (Phi) is 22.1. The average molecular weight is 190 g/mol. The molecule has 0 fully saturated rings. The summed E-state index contributed by atoms with van der Waals surface area (Å²) in [6, 6.07) is 0. The summed E-state index contributed by atoms with van der Waals surface area (Å²) in [5.74, 6) is 0. The number of hydrogen-bond donors (Lipinski definition) is 0. The molecule has 0 aromatic heterocycles. The maximum absolute atomic E-state index is 4.45. The second-order valence-electron chi connectivity index (χ2n) is 1.91. The zero-order valence-corrected chi connectivity index (χ0v) is 7.93. The molecule has 0 nitrogen and oxygen atoms in total. The van der Waals surface area contributed by atoms with E-state index in [1.54, 1.807) is 0 Å². The Hall–Kier alpha value is 0.809. The molecular weight excluding hydrogens is 174 g/mol. The van der Waals surface area contributed by atoms with Crippen LogP contribution in [0, 0.1) is 6.92 Å². The molecule has 0 bridgehead atoms. The molecule has 0 unspecified atom stereocenters. The van der Waals surface area contributed by atoms with Gasteiger partial charge in [-0.25, -0.2) is 0 Å². The van der Waals surface area contributed by atoms with E-state index >= 15 is 0 Å². The summed E-state index contributed by atoms with van der Waals surface area (Å²) in [5.41, 5.74) is 0. The molecule has 0 N–H and O–H groups in total. The minimum absolute atomic E-state index is 1.11. The average Bonchev–Trinajstić information content (AvgIpc) is 1.94. The normalized spacial score (nSPS) is 7.89. The monoisotopic (exact) mass is 189 g/mol. The van der Waals surface area contributed by atoms with E-state index < -0.39 is 0 Å². The molecule has 0 amide bonds. The van der Waals surface area contributed by atoms with Crippen LogP contribution in [0.25, 0.3) is 0 Å². The number of unbranched alkanes of at least 4 members (excludes halogenated alkanes) is 4. The first-order valence-electron chi connectivity index (χ1n) is 3.35. The van der Waals surface area contributed by atoms with Crippen molar-refractivity contribution >= 4 is 10.1 Å². The Bertz CT molecular complexity index is 28.1. The summed E-state index contributed by atoms with van der Waals surface area (Å²) in [4.78, 5) is 0. The van der Waals surface area contributed by atoms with E-state index in [1.165, 1.54) is 25.7 Å². The second-order valence-corrected chi connectivity index (χ2v) is 1.91. The predicted molar refractivity (Wildman–Crippen MR) is 40.0 cm³/mol. The van der Waals surface area contributed by atoms with E-state index in [9.17, 15) is 0 Å². The van der Waals surface area contributed by atoms with Crippen molar-refractivity contribution in [2.24, 2.45) is 0 Å². The van der Waals surface area contributed by atoms with Crippen molar-refractivity contribution in [1.82, 2.24) is 0 Å². The van der Waals surface area contributed by atoms with Crippen LogP contribution < -0.4 is 0 Å². The zero-order chi connectivity index (χ0) is 7.54. The van der Waals surface area contributed by atoms with Crippen molar-refractivity contribution in [3.8, 4) is 0 Å². The van der Waals surface area contributed by atoms with Gasteiger partial charge in [-0.15, -0.1) is 0 Å². The first kappa shape index (κ1) is 12.5. The van der Waals surface area contributed by atoms with E-state index in [0.29, 0.717) is 0 Å². The summed E-state index contributed by atoms with van der Waals surface area (Å²) in [6.07, 6.45) is 6.52. The zero-order valence-electron chi connectivity index (χ0n) is 6.00. The fraction of sp³-hybridized carbons (Fsp3) is 0.857. The predicted octanol–water partition coefficient (Wildman–Crippen LogP) is 3.48. The fourth-order valence-corrected chi connectivity index (χ4v) is 0.604. The van der Waals surface area contributed by atoms with E-state index in [0.717, 1.165) is 6.42 Å². The van der Waals surface area contributed by atoms with Crippen LogP contribution in [0.15, 0.2) is 0 Å². The van der Waals surface area contributed by atoms with Crippen LogP contribution in [-0.2, 0) is 15.1 Å². The van der Waals surface area contributed by atoms with E-state index in [-0.39, 0.29) is 0 Å². The van der Waals surface area contributed by atoms with Crippen LogP contribution in [-0.4, -0.2) is 0 Å². The molecule has 0 heterocycles. The van der Waals surface area contributed by atoms with E-state index in [1.807, 2.05) is 0 Å². The van der Waals surface area contributed by atoms with E-state index in [4.69, 9.17) is 0 Å². The SMILES string of the molecule is [CH2-]CCCCCC.[Cl][Mn+]. The first-order chi connectivity index (χ1) is 4.41. The summed E-state index contributed by atoms with van der Waals surface area (Å²) in [6.45, 7) is 5.98. The minimum atomic E-state index is 1.11. The van der Waals surface area contributed by atoms with Crippen LogP contribution in [0.2, 0.25) is 0 Å². The van der Waals surface area contributed by atoms with Gasteiger partial charge in [0.15, 0.2) is 0 Å². The van der Waals surface area contributed by atoms with Crippen molar-refractivity contribution < 1.29 is 15.1 Å². The number of rotatable bonds is 4. The fourth-order valence-electron chi connectivity index (χ4n) is 0.604. The van der Waals surface area contributed by atoms with Crippen molar-refractivity contribution in [3.63, 3.8) is 0 Å². The molecule has 57 valence electrons. The van der Waals surface area contributed by atoms with Gasteiger partial charge in [0.05, 0.1) is 0 Å².